The maximum Gasteiger partial charge on any atom is 0.336 e. The van der Waals surface area contributed by atoms with Gasteiger partial charge >= 0.3 is 5.97 Å². The molecule has 0 spiro atoms. The normalized spacial score (nSPS) is 10.5. The molecular formula is C14H10Cl2O2S. The van der Waals surface area contributed by atoms with Gasteiger partial charge < -0.3 is 5.11 Å². The number of aryl methyl sites for hydroxylation is 1. The Bertz CT molecular complexity index is 641. The lowest BCUT2D eigenvalue weighted by atomic mass is 10.1. The number of carboxylic acids is 1. The van der Waals surface area contributed by atoms with Crippen molar-refractivity contribution in [1.82, 2.24) is 0 Å². The van der Waals surface area contributed by atoms with E-state index in [4.69, 9.17) is 23.2 Å². The molecule has 0 aliphatic heterocycles. The molecule has 98 valence electrons. The second-order valence-electron chi connectivity index (χ2n) is 3.98. The molecule has 2 rings (SSSR count). The molecule has 1 N–H and O–H groups in total. The van der Waals surface area contributed by atoms with Gasteiger partial charge in [0.1, 0.15) is 0 Å². The fourth-order valence-electron chi connectivity index (χ4n) is 1.57. The van der Waals surface area contributed by atoms with Gasteiger partial charge in [0.05, 0.1) is 10.6 Å². The van der Waals surface area contributed by atoms with Crippen LogP contribution >= 0.6 is 35.0 Å². The highest BCUT2D eigenvalue weighted by Gasteiger charge is 2.13. The Hall–Kier alpha value is -1.16. The van der Waals surface area contributed by atoms with Gasteiger partial charge in [-0.05, 0) is 37.3 Å². The summed E-state index contributed by atoms with van der Waals surface area (Å²) in [5.41, 5.74) is 1.17. The van der Waals surface area contributed by atoms with E-state index in [9.17, 15) is 9.90 Å². The number of aromatic carboxylic acids is 1. The molecule has 2 aromatic rings. The summed E-state index contributed by atoms with van der Waals surface area (Å²) in [6.07, 6.45) is 0. The van der Waals surface area contributed by atoms with E-state index in [0.29, 0.717) is 14.9 Å². The molecular weight excluding hydrogens is 303 g/mol. The Morgan fingerprint density at radius 3 is 2.53 bits per heavy atom. The van der Waals surface area contributed by atoms with E-state index in [1.165, 1.54) is 11.8 Å². The molecule has 0 aliphatic carbocycles. The van der Waals surface area contributed by atoms with E-state index in [1.807, 2.05) is 13.0 Å². The number of carboxylic acid groups (broad SMARTS) is 1. The standard InChI is InChI=1S/C14H10Cl2O2S/c1-8-2-5-12(10(6-8)14(17)18)19-13-7-9(15)3-4-11(13)16/h2-7H,1H3,(H,17,18). The van der Waals surface area contributed by atoms with Crippen LogP contribution in [0.4, 0.5) is 0 Å². The van der Waals surface area contributed by atoms with Crippen LogP contribution in [0, 0.1) is 6.92 Å². The highest BCUT2D eigenvalue weighted by Crippen LogP contribution is 2.36. The topological polar surface area (TPSA) is 37.3 Å². The van der Waals surface area contributed by atoms with Crippen LogP contribution in [0.5, 0.6) is 0 Å². The largest absolute Gasteiger partial charge is 0.478 e. The SMILES string of the molecule is Cc1ccc(Sc2cc(Cl)ccc2Cl)c(C(=O)O)c1. The molecule has 0 saturated heterocycles. The molecule has 0 aliphatic rings. The van der Waals surface area contributed by atoms with Crippen molar-refractivity contribution < 1.29 is 9.90 Å². The van der Waals surface area contributed by atoms with Crippen LogP contribution in [0.15, 0.2) is 46.2 Å². The van der Waals surface area contributed by atoms with E-state index in [-0.39, 0.29) is 5.56 Å². The third-order valence-electron chi connectivity index (χ3n) is 2.48. The number of hydrogen-bond acceptors (Lipinski definition) is 2. The van der Waals surface area contributed by atoms with Crippen molar-refractivity contribution in [3.05, 3.63) is 57.6 Å². The summed E-state index contributed by atoms with van der Waals surface area (Å²) in [5.74, 6) is -0.954. The maximum atomic E-state index is 11.2. The second-order valence-corrected chi connectivity index (χ2v) is 5.91. The van der Waals surface area contributed by atoms with E-state index in [0.717, 1.165) is 10.5 Å². The van der Waals surface area contributed by atoms with Crippen LogP contribution < -0.4 is 0 Å². The minimum absolute atomic E-state index is 0.265. The van der Waals surface area contributed by atoms with Gasteiger partial charge in [0.2, 0.25) is 0 Å². The van der Waals surface area contributed by atoms with Gasteiger partial charge in [-0.3, -0.25) is 0 Å². The zero-order valence-corrected chi connectivity index (χ0v) is 12.3. The van der Waals surface area contributed by atoms with E-state index < -0.39 is 5.97 Å². The summed E-state index contributed by atoms with van der Waals surface area (Å²) in [6.45, 7) is 1.85. The zero-order chi connectivity index (χ0) is 14.0. The first-order valence-electron chi connectivity index (χ1n) is 5.44. The first kappa shape index (κ1) is 14.3. The molecule has 0 unspecified atom stereocenters. The van der Waals surface area contributed by atoms with Gasteiger partial charge in [-0.1, -0.05) is 46.6 Å². The van der Waals surface area contributed by atoms with E-state index >= 15 is 0 Å². The van der Waals surface area contributed by atoms with Crippen molar-refractivity contribution in [1.29, 1.82) is 0 Å². The number of hydrogen-bond donors (Lipinski definition) is 1. The van der Waals surface area contributed by atoms with Crippen molar-refractivity contribution in [2.75, 3.05) is 0 Å². The quantitative estimate of drug-likeness (QED) is 0.851. The first-order valence-corrected chi connectivity index (χ1v) is 7.01. The van der Waals surface area contributed by atoms with Crippen LogP contribution in [0.3, 0.4) is 0 Å². The highest BCUT2D eigenvalue weighted by molar-refractivity contribution is 7.99. The summed E-state index contributed by atoms with van der Waals surface area (Å²) in [6, 6.07) is 10.4. The van der Waals surface area contributed by atoms with Crippen LogP contribution in [-0.4, -0.2) is 11.1 Å². The molecule has 0 heterocycles. The van der Waals surface area contributed by atoms with Gasteiger partial charge in [-0.25, -0.2) is 4.79 Å². The first-order chi connectivity index (χ1) is 8.97. The molecule has 2 nitrogen and oxygen atoms in total. The predicted molar refractivity (Wildman–Crippen MR) is 78.7 cm³/mol. The zero-order valence-electron chi connectivity index (χ0n) is 9.98. The van der Waals surface area contributed by atoms with Crippen LogP contribution in [-0.2, 0) is 0 Å². The summed E-state index contributed by atoms with van der Waals surface area (Å²) in [7, 11) is 0. The van der Waals surface area contributed by atoms with Crippen molar-refractivity contribution >= 4 is 40.9 Å². The van der Waals surface area contributed by atoms with Crippen molar-refractivity contribution in [2.24, 2.45) is 0 Å². The smallest absolute Gasteiger partial charge is 0.336 e. The van der Waals surface area contributed by atoms with Crippen LogP contribution in [0.25, 0.3) is 0 Å². The third-order valence-corrected chi connectivity index (χ3v) is 4.29. The number of rotatable bonds is 3. The summed E-state index contributed by atoms with van der Waals surface area (Å²) in [4.78, 5) is 12.6. The molecule has 0 radical (unpaired) electrons. The third kappa shape index (κ3) is 3.44. The summed E-state index contributed by atoms with van der Waals surface area (Å²) < 4.78 is 0. The van der Waals surface area contributed by atoms with Gasteiger partial charge in [-0.2, -0.15) is 0 Å². The van der Waals surface area contributed by atoms with Crippen molar-refractivity contribution in [2.45, 2.75) is 16.7 Å². The Morgan fingerprint density at radius 1 is 1.11 bits per heavy atom. The average molecular weight is 313 g/mol. The molecule has 0 fully saturated rings. The Labute approximate surface area is 125 Å². The Kier molecular flexibility index (Phi) is 4.40. The van der Waals surface area contributed by atoms with E-state index in [2.05, 4.69) is 0 Å². The molecule has 5 heteroatoms. The molecule has 0 bridgehead atoms. The molecule has 19 heavy (non-hydrogen) atoms. The van der Waals surface area contributed by atoms with Crippen molar-refractivity contribution in [3.63, 3.8) is 0 Å². The lowest BCUT2D eigenvalue weighted by molar-refractivity contribution is 0.0693. The molecule has 0 aromatic heterocycles. The fourth-order valence-corrected chi connectivity index (χ4v) is 3.02. The summed E-state index contributed by atoms with van der Waals surface area (Å²) >= 11 is 13.3. The highest BCUT2D eigenvalue weighted by atomic mass is 35.5. The lowest BCUT2D eigenvalue weighted by Crippen LogP contribution is -1.99. The van der Waals surface area contributed by atoms with Crippen LogP contribution in [0.2, 0.25) is 10.0 Å². The monoisotopic (exact) mass is 312 g/mol. The minimum Gasteiger partial charge on any atom is -0.478 e. The summed E-state index contributed by atoms with van der Waals surface area (Å²) in [5, 5.41) is 10.3. The average Bonchev–Trinajstić information content (AvgIpc) is 2.35. The molecule has 0 atom stereocenters. The predicted octanol–water partition coefficient (Wildman–Crippen LogP) is 5.15. The Morgan fingerprint density at radius 2 is 1.84 bits per heavy atom. The number of benzene rings is 2. The molecule has 0 saturated carbocycles. The molecule has 2 aromatic carbocycles. The molecule has 0 amide bonds. The maximum absolute atomic E-state index is 11.2. The van der Waals surface area contributed by atoms with Gasteiger partial charge in [0.25, 0.3) is 0 Å². The van der Waals surface area contributed by atoms with Gasteiger partial charge in [0.15, 0.2) is 0 Å². The van der Waals surface area contributed by atoms with Gasteiger partial charge in [-0.15, -0.1) is 0 Å². The minimum atomic E-state index is -0.954. The van der Waals surface area contributed by atoms with Crippen LogP contribution in [0.1, 0.15) is 15.9 Å². The second kappa shape index (κ2) is 5.87. The van der Waals surface area contributed by atoms with Gasteiger partial charge in [0, 0.05) is 14.8 Å². The van der Waals surface area contributed by atoms with Crippen molar-refractivity contribution in [3.8, 4) is 0 Å². The number of halogens is 2. The lowest BCUT2D eigenvalue weighted by Gasteiger charge is -2.08. The van der Waals surface area contributed by atoms with E-state index in [1.54, 1.807) is 30.3 Å². The fraction of sp³-hybridized carbons (Fsp3) is 0.0714. The Balaban J connectivity index is 2.43. The number of carbonyl (C=O) groups is 1.